The Morgan fingerprint density at radius 3 is 2.42 bits per heavy atom. The van der Waals surface area contributed by atoms with Crippen molar-refractivity contribution in [1.29, 1.82) is 0 Å². The first kappa shape index (κ1) is 20.6. The van der Waals surface area contributed by atoms with Crippen molar-refractivity contribution >= 4 is 33.9 Å². The lowest BCUT2D eigenvalue weighted by Gasteiger charge is -2.23. The highest BCUT2D eigenvalue weighted by molar-refractivity contribution is 7.16. The highest BCUT2D eigenvalue weighted by Crippen LogP contribution is 2.44. The van der Waals surface area contributed by atoms with Gasteiger partial charge in [-0.25, -0.2) is 4.98 Å². The fraction of sp³-hybridized carbons (Fsp3) is 0.174. The zero-order valence-electron chi connectivity index (χ0n) is 17.1. The van der Waals surface area contributed by atoms with Crippen LogP contribution in [0.4, 0.5) is 5.13 Å². The van der Waals surface area contributed by atoms with Crippen LogP contribution in [0.25, 0.3) is 5.76 Å². The number of aryl methyl sites for hydroxylation is 2. The second kappa shape index (κ2) is 7.88. The molecule has 0 saturated carbocycles. The van der Waals surface area contributed by atoms with Crippen molar-refractivity contribution < 1.29 is 24.5 Å². The molecule has 1 atom stereocenters. The summed E-state index contributed by atoms with van der Waals surface area (Å²) in [5.74, 6) is -1.32. The maximum absolute atomic E-state index is 13.1. The molecule has 1 fully saturated rings. The summed E-state index contributed by atoms with van der Waals surface area (Å²) in [7, 11) is 1.53. The van der Waals surface area contributed by atoms with Gasteiger partial charge in [-0.2, -0.15) is 0 Å². The smallest absolute Gasteiger partial charge is 0.301 e. The number of rotatable bonds is 4. The second-order valence-corrected chi connectivity index (χ2v) is 8.31. The van der Waals surface area contributed by atoms with E-state index in [1.807, 2.05) is 13.8 Å². The summed E-state index contributed by atoms with van der Waals surface area (Å²) in [5.41, 5.74) is 1.55. The minimum Gasteiger partial charge on any atom is -0.508 e. The maximum atomic E-state index is 13.1. The molecule has 1 aliphatic heterocycles. The van der Waals surface area contributed by atoms with E-state index in [-0.39, 0.29) is 17.1 Å². The number of aromatic nitrogens is 1. The van der Waals surface area contributed by atoms with Crippen molar-refractivity contribution in [2.45, 2.75) is 19.9 Å². The molecular weight excluding hydrogens is 416 g/mol. The highest BCUT2D eigenvalue weighted by Gasteiger charge is 2.48. The minimum absolute atomic E-state index is 0.0148. The molecular formula is C23H20N2O5S. The molecule has 1 aromatic heterocycles. The number of Topliss-reactive ketones (excluding diaryl/α,β-unsaturated/α-hetero) is 1. The molecule has 1 amide bonds. The van der Waals surface area contributed by atoms with Crippen LogP contribution in [0, 0.1) is 13.8 Å². The monoisotopic (exact) mass is 436 g/mol. The normalized spacial score (nSPS) is 17.9. The van der Waals surface area contributed by atoms with Crippen molar-refractivity contribution in [2.75, 3.05) is 12.0 Å². The Morgan fingerprint density at radius 2 is 1.84 bits per heavy atom. The van der Waals surface area contributed by atoms with Crippen LogP contribution in [0.2, 0.25) is 0 Å². The van der Waals surface area contributed by atoms with Gasteiger partial charge in [-0.1, -0.05) is 12.1 Å². The van der Waals surface area contributed by atoms with Crippen LogP contribution < -0.4 is 9.64 Å². The van der Waals surface area contributed by atoms with E-state index in [2.05, 4.69) is 4.98 Å². The Bertz CT molecular complexity index is 1190. The van der Waals surface area contributed by atoms with Crippen molar-refractivity contribution in [3.05, 3.63) is 75.8 Å². The molecule has 1 aliphatic rings. The predicted octanol–water partition coefficient (Wildman–Crippen LogP) is 4.10. The average molecular weight is 436 g/mol. The Kier molecular flexibility index (Phi) is 5.24. The van der Waals surface area contributed by atoms with Crippen LogP contribution in [-0.4, -0.2) is 34.0 Å². The van der Waals surface area contributed by atoms with Gasteiger partial charge in [0.1, 0.15) is 17.3 Å². The lowest BCUT2D eigenvalue weighted by Crippen LogP contribution is -2.29. The number of methoxy groups -OCH3 is 1. The molecule has 0 radical (unpaired) electrons. The molecule has 0 spiro atoms. The van der Waals surface area contributed by atoms with E-state index in [1.165, 1.54) is 35.5 Å². The topological polar surface area (TPSA) is 100.0 Å². The minimum atomic E-state index is -0.931. The van der Waals surface area contributed by atoms with E-state index in [0.717, 1.165) is 10.6 Å². The number of hydrogen-bond acceptors (Lipinski definition) is 7. The van der Waals surface area contributed by atoms with E-state index >= 15 is 0 Å². The van der Waals surface area contributed by atoms with Gasteiger partial charge in [0.05, 0.1) is 24.4 Å². The number of phenols is 1. The number of carbonyl (C=O) groups is 2. The summed E-state index contributed by atoms with van der Waals surface area (Å²) in [6.45, 7) is 3.71. The van der Waals surface area contributed by atoms with Crippen LogP contribution in [-0.2, 0) is 9.59 Å². The number of aliphatic hydroxyl groups excluding tert-OH is 1. The Hall–Kier alpha value is -3.65. The fourth-order valence-corrected chi connectivity index (χ4v) is 4.44. The largest absolute Gasteiger partial charge is 0.508 e. The van der Waals surface area contributed by atoms with Gasteiger partial charge in [-0.15, -0.1) is 11.3 Å². The zero-order valence-corrected chi connectivity index (χ0v) is 17.9. The van der Waals surface area contributed by atoms with Gasteiger partial charge in [0.15, 0.2) is 5.13 Å². The van der Waals surface area contributed by atoms with Gasteiger partial charge in [0, 0.05) is 10.4 Å². The van der Waals surface area contributed by atoms with Crippen molar-refractivity contribution in [2.24, 2.45) is 0 Å². The number of phenolic OH excluding ortho intramolecular Hbond substituents is 1. The number of hydrogen-bond donors (Lipinski definition) is 2. The van der Waals surface area contributed by atoms with Crippen LogP contribution in [0.15, 0.2) is 54.1 Å². The van der Waals surface area contributed by atoms with Gasteiger partial charge in [0.2, 0.25) is 0 Å². The van der Waals surface area contributed by atoms with Crippen LogP contribution in [0.5, 0.6) is 11.5 Å². The Balaban J connectivity index is 1.93. The van der Waals surface area contributed by atoms with E-state index < -0.39 is 17.7 Å². The number of carbonyl (C=O) groups excluding carboxylic acids is 2. The number of aromatic hydroxyl groups is 1. The Labute approximate surface area is 182 Å². The van der Waals surface area contributed by atoms with Gasteiger partial charge < -0.3 is 14.9 Å². The molecule has 7 nitrogen and oxygen atoms in total. The molecule has 8 heteroatoms. The number of ether oxygens (including phenoxy) is 1. The lowest BCUT2D eigenvalue weighted by molar-refractivity contribution is -0.132. The summed E-state index contributed by atoms with van der Waals surface area (Å²) in [6.07, 6.45) is 0. The van der Waals surface area contributed by atoms with E-state index in [0.29, 0.717) is 22.0 Å². The first-order valence-corrected chi connectivity index (χ1v) is 10.3. The average Bonchev–Trinajstić information content (AvgIpc) is 3.23. The summed E-state index contributed by atoms with van der Waals surface area (Å²) >= 11 is 1.29. The number of ketones is 1. The number of nitrogens with zero attached hydrogens (tertiary/aromatic N) is 2. The van der Waals surface area contributed by atoms with Gasteiger partial charge >= 0.3 is 5.91 Å². The Morgan fingerprint density at radius 1 is 1.13 bits per heavy atom. The summed E-state index contributed by atoms with van der Waals surface area (Å²) < 4.78 is 5.14. The van der Waals surface area contributed by atoms with Gasteiger partial charge in [-0.05, 0) is 55.8 Å². The quantitative estimate of drug-likeness (QED) is 0.363. The first-order valence-electron chi connectivity index (χ1n) is 9.50. The molecule has 3 aromatic rings. The molecule has 2 heterocycles. The van der Waals surface area contributed by atoms with Crippen molar-refractivity contribution in [3.63, 3.8) is 0 Å². The lowest BCUT2D eigenvalue weighted by atomic mass is 9.95. The van der Waals surface area contributed by atoms with Gasteiger partial charge in [-0.3, -0.25) is 14.5 Å². The van der Waals surface area contributed by atoms with Crippen molar-refractivity contribution in [1.82, 2.24) is 4.98 Å². The standard InChI is InChI=1S/C23H20N2O5S/c1-12-13(2)31-23(24-12)25-19(15-5-4-6-16(26)11-15)18(21(28)22(25)29)20(27)14-7-9-17(30-3)10-8-14/h4-11,19,26-27H,1-3H3/b20-18+. The highest BCUT2D eigenvalue weighted by atomic mass is 32.1. The maximum Gasteiger partial charge on any atom is 0.301 e. The molecule has 2 N–H and O–H groups in total. The molecule has 31 heavy (non-hydrogen) atoms. The third-order valence-electron chi connectivity index (χ3n) is 5.22. The van der Waals surface area contributed by atoms with Crippen LogP contribution >= 0.6 is 11.3 Å². The first-order chi connectivity index (χ1) is 14.8. The molecule has 0 aliphatic carbocycles. The number of benzene rings is 2. The number of amides is 1. The molecule has 4 rings (SSSR count). The zero-order chi connectivity index (χ0) is 22.3. The van der Waals surface area contributed by atoms with Crippen LogP contribution in [0.1, 0.15) is 27.7 Å². The third-order valence-corrected chi connectivity index (χ3v) is 6.29. The molecule has 2 aromatic carbocycles. The second-order valence-electron chi connectivity index (χ2n) is 7.13. The molecule has 1 unspecified atom stereocenters. The summed E-state index contributed by atoms with van der Waals surface area (Å²) in [4.78, 5) is 32.8. The van der Waals surface area contributed by atoms with Crippen molar-refractivity contribution in [3.8, 4) is 11.5 Å². The number of anilines is 1. The van der Waals surface area contributed by atoms with E-state index in [4.69, 9.17) is 4.74 Å². The SMILES string of the molecule is COc1ccc(/C(O)=C2\C(=O)C(=O)N(c3nc(C)c(C)s3)C2c2cccc(O)c2)cc1. The molecule has 0 bridgehead atoms. The molecule has 1 saturated heterocycles. The summed E-state index contributed by atoms with van der Waals surface area (Å²) in [6, 6.07) is 11.9. The number of thiazole rings is 1. The van der Waals surface area contributed by atoms with Crippen LogP contribution in [0.3, 0.4) is 0 Å². The van der Waals surface area contributed by atoms with E-state index in [9.17, 15) is 19.8 Å². The third kappa shape index (κ3) is 3.55. The summed E-state index contributed by atoms with van der Waals surface area (Å²) in [5, 5.41) is 21.4. The predicted molar refractivity (Wildman–Crippen MR) is 117 cm³/mol. The fourth-order valence-electron chi connectivity index (χ4n) is 3.50. The van der Waals surface area contributed by atoms with E-state index in [1.54, 1.807) is 36.4 Å². The molecule has 158 valence electrons. The number of aliphatic hydroxyl groups is 1. The van der Waals surface area contributed by atoms with Gasteiger partial charge in [0.25, 0.3) is 5.78 Å².